The molecular formula is C17H12F8O2. The van der Waals surface area contributed by atoms with Crippen molar-refractivity contribution in [3.8, 4) is 0 Å². The molecular weight excluding hydrogens is 388 g/mol. The van der Waals surface area contributed by atoms with Gasteiger partial charge in [0.2, 0.25) is 0 Å². The van der Waals surface area contributed by atoms with E-state index in [2.05, 4.69) is 4.74 Å². The van der Waals surface area contributed by atoms with E-state index in [1.54, 1.807) is 36.4 Å². The van der Waals surface area contributed by atoms with Crippen molar-refractivity contribution in [3.05, 3.63) is 48.0 Å². The van der Waals surface area contributed by atoms with Crippen LogP contribution in [0, 0.1) is 0 Å². The number of benzene rings is 2. The smallest absolute Gasteiger partial charge is 0.381 e. The van der Waals surface area contributed by atoms with Gasteiger partial charge in [-0.2, -0.15) is 26.3 Å². The topological polar surface area (TPSA) is 26.3 Å². The van der Waals surface area contributed by atoms with Gasteiger partial charge in [0, 0.05) is 0 Å². The SMILES string of the molecule is O=C(Cc1cccc2ccccc12)OCC(F)(F)C(F)(F)C(F)(F)C(F)F. The Kier molecular flexibility index (Phi) is 5.67. The minimum Gasteiger partial charge on any atom is -0.459 e. The van der Waals surface area contributed by atoms with Crippen LogP contribution in [-0.4, -0.2) is 36.8 Å². The number of carbonyl (C=O) groups is 1. The molecule has 0 bridgehead atoms. The van der Waals surface area contributed by atoms with Crippen molar-refractivity contribution in [3.63, 3.8) is 0 Å². The van der Waals surface area contributed by atoms with Crippen molar-refractivity contribution in [1.29, 1.82) is 0 Å². The second kappa shape index (κ2) is 7.32. The third-order valence-electron chi connectivity index (χ3n) is 3.78. The molecule has 0 spiro atoms. The molecule has 2 aromatic carbocycles. The summed E-state index contributed by atoms with van der Waals surface area (Å²) in [7, 11) is 0. The lowest BCUT2D eigenvalue weighted by Crippen LogP contribution is -2.59. The van der Waals surface area contributed by atoms with Gasteiger partial charge in [-0.05, 0) is 16.3 Å². The third kappa shape index (κ3) is 3.98. The summed E-state index contributed by atoms with van der Waals surface area (Å²) in [5.41, 5.74) is 0.325. The van der Waals surface area contributed by atoms with E-state index < -0.39 is 43.2 Å². The highest BCUT2D eigenvalue weighted by Gasteiger charge is 2.75. The lowest BCUT2D eigenvalue weighted by atomic mass is 10.0. The van der Waals surface area contributed by atoms with Gasteiger partial charge in [0.15, 0.2) is 6.61 Å². The fraction of sp³-hybridized carbons (Fsp3) is 0.353. The number of alkyl halides is 8. The van der Waals surface area contributed by atoms with E-state index in [0.717, 1.165) is 0 Å². The number of esters is 1. The Bertz CT molecular complexity index is 814. The minimum absolute atomic E-state index is 0.325. The molecule has 0 N–H and O–H groups in total. The number of hydrogen-bond donors (Lipinski definition) is 0. The van der Waals surface area contributed by atoms with Crippen molar-refractivity contribution in [2.75, 3.05) is 6.61 Å². The Labute approximate surface area is 147 Å². The highest BCUT2D eigenvalue weighted by atomic mass is 19.4. The summed E-state index contributed by atoms with van der Waals surface area (Å²) in [4.78, 5) is 11.7. The summed E-state index contributed by atoms with van der Waals surface area (Å²) in [5.74, 6) is -19.8. The molecule has 0 aliphatic heterocycles. The van der Waals surface area contributed by atoms with Gasteiger partial charge < -0.3 is 4.74 Å². The van der Waals surface area contributed by atoms with Crippen LogP contribution in [0.3, 0.4) is 0 Å². The van der Waals surface area contributed by atoms with Crippen molar-refractivity contribution < 1.29 is 44.7 Å². The van der Waals surface area contributed by atoms with Crippen LogP contribution in [0.25, 0.3) is 10.8 Å². The number of carbonyl (C=O) groups excluding carboxylic acids is 1. The Balaban J connectivity index is 2.10. The van der Waals surface area contributed by atoms with E-state index >= 15 is 0 Å². The lowest BCUT2D eigenvalue weighted by Gasteiger charge is -2.31. The van der Waals surface area contributed by atoms with Gasteiger partial charge in [0.1, 0.15) is 0 Å². The van der Waals surface area contributed by atoms with E-state index in [-0.39, 0.29) is 0 Å². The molecule has 0 saturated carbocycles. The predicted octanol–water partition coefficient (Wildman–Crippen LogP) is 5.10. The van der Waals surface area contributed by atoms with Gasteiger partial charge in [-0.15, -0.1) is 0 Å². The molecule has 0 unspecified atom stereocenters. The van der Waals surface area contributed by atoms with Gasteiger partial charge in [-0.3, -0.25) is 4.79 Å². The predicted molar refractivity (Wildman–Crippen MR) is 79.5 cm³/mol. The van der Waals surface area contributed by atoms with Crippen molar-refractivity contribution in [1.82, 2.24) is 0 Å². The molecule has 0 aliphatic carbocycles. The van der Waals surface area contributed by atoms with Crippen LogP contribution in [0.2, 0.25) is 0 Å². The Hall–Kier alpha value is -2.39. The minimum atomic E-state index is -6.41. The lowest BCUT2D eigenvalue weighted by molar-refractivity contribution is -0.344. The number of ether oxygens (including phenoxy) is 1. The summed E-state index contributed by atoms with van der Waals surface area (Å²) < 4.78 is 106. The van der Waals surface area contributed by atoms with E-state index in [9.17, 15) is 39.9 Å². The third-order valence-corrected chi connectivity index (χ3v) is 3.78. The van der Waals surface area contributed by atoms with Crippen LogP contribution in [0.1, 0.15) is 5.56 Å². The second-order valence-corrected chi connectivity index (χ2v) is 5.68. The highest BCUT2D eigenvalue weighted by Crippen LogP contribution is 2.48. The zero-order valence-corrected chi connectivity index (χ0v) is 13.4. The number of fused-ring (bicyclic) bond motifs is 1. The molecule has 148 valence electrons. The zero-order valence-electron chi connectivity index (χ0n) is 13.4. The highest BCUT2D eigenvalue weighted by molar-refractivity contribution is 5.88. The molecule has 27 heavy (non-hydrogen) atoms. The quantitative estimate of drug-likeness (QED) is 0.478. The second-order valence-electron chi connectivity index (χ2n) is 5.68. The molecule has 2 aromatic rings. The summed E-state index contributed by atoms with van der Waals surface area (Å²) in [5, 5.41) is 1.27. The average Bonchev–Trinajstić information content (AvgIpc) is 2.60. The molecule has 10 heteroatoms. The van der Waals surface area contributed by atoms with E-state index in [0.29, 0.717) is 16.3 Å². The standard InChI is InChI=1S/C17H12F8O2/c18-14(19)16(22,23)17(24,25)15(20,21)9-27-13(26)8-11-6-3-5-10-4-1-2-7-12(10)11/h1-7,14H,8-9H2. The molecule has 0 aliphatic rings. The monoisotopic (exact) mass is 400 g/mol. The summed E-state index contributed by atoms with van der Waals surface area (Å²) in [6, 6.07) is 11.4. The maximum absolute atomic E-state index is 13.4. The Morgan fingerprint density at radius 3 is 2.15 bits per heavy atom. The van der Waals surface area contributed by atoms with Crippen LogP contribution < -0.4 is 0 Å². The Morgan fingerprint density at radius 1 is 0.926 bits per heavy atom. The summed E-state index contributed by atoms with van der Waals surface area (Å²) in [6.45, 7) is -2.47. The van der Waals surface area contributed by atoms with Gasteiger partial charge in [-0.25, -0.2) is 8.78 Å². The first-order chi connectivity index (χ1) is 12.4. The van der Waals surface area contributed by atoms with E-state index in [1.807, 2.05) is 0 Å². The fourth-order valence-electron chi connectivity index (χ4n) is 2.30. The van der Waals surface area contributed by atoms with Crippen molar-refractivity contribution in [2.24, 2.45) is 0 Å². The first-order valence-corrected chi connectivity index (χ1v) is 7.44. The molecule has 0 atom stereocenters. The van der Waals surface area contributed by atoms with Crippen molar-refractivity contribution >= 4 is 16.7 Å². The Morgan fingerprint density at radius 2 is 1.52 bits per heavy atom. The first-order valence-electron chi connectivity index (χ1n) is 7.44. The average molecular weight is 400 g/mol. The molecule has 0 amide bonds. The van der Waals surface area contributed by atoms with Crippen LogP contribution in [0.5, 0.6) is 0 Å². The maximum atomic E-state index is 13.4. The number of rotatable bonds is 7. The van der Waals surface area contributed by atoms with Crippen LogP contribution >= 0.6 is 0 Å². The van der Waals surface area contributed by atoms with Gasteiger partial charge in [0.25, 0.3) is 0 Å². The van der Waals surface area contributed by atoms with E-state index in [1.165, 1.54) is 6.07 Å². The van der Waals surface area contributed by atoms with Gasteiger partial charge >= 0.3 is 30.2 Å². The molecule has 0 aromatic heterocycles. The van der Waals surface area contributed by atoms with Crippen LogP contribution in [0.15, 0.2) is 42.5 Å². The summed E-state index contributed by atoms with van der Waals surface area (Å²) in [6.07, 6.45) is -5.63. The van der Waals surface area contributed by atoms with Crippen LogP contribution in [-0.2, 0) is 16.0 Å². The molecule has 0 fully saturated rings. The molecule has 0 heterocycles. The normalized spacial score (nSPS) is 13.2. The van der Waals surface area contributed by atoms with E-state index in [4.69, 9.17) is 0 Å². The van der Waals surface area contributed by atoms with Gasteiger partial charge in [0.05, 0.1) is 6.42 Å². The zero-order chi connectivity index (χ0) is 20.5. The molecule has 2 rings (SSSR count). The number of hydrogen-bond acceptors (Lipinski definition) is 2. The van der Waals surface area contributed by atoms with Crippen molar-refractivity contribution in [2.45, 2.75) is 30.6 Å². The maximum Gasteiger partial charge on any atom is 0.381 e. The first kappa shape index (κ1) is 20.9. The fourth-order valence-corrected chi connectivity index (χ4v) is 2.30. The molecule has 0 saturated heterocycles. The molecule has 0 radical (unpaired) electrons. The number of halogens is 8. The van der Waals surface area contributed by atoms with Gasteiger partial charge in [-0.1, -0.05) is 42.5 Å². The van der Waals surface area contributed by atoms with Crippen LogP contribution in [0.4, 0.5) is 35.1 Å². The summed E-state index contributed by atoms with van der Waals surface area (Å²) >= 11 is 0. The molecule has 2 nitrogen and oxygen atoms in total. The largest absolute Gasteiger partial charge is 0.459 e.